The van der Waals surface area contributed by atoms with Crippen molar-refractivity contribution in [2.75, 3.05) is 0 Å². The van der Waals surface area contributed by atoms with Gasteiger partial charge in [-0.2, -0.15) is 0 Å². The van der Waals surface area contributed by atoms with E-state index in [4.69, 9.17) is 5.11 Å². The van der Waals surface area contributed by atoms with Crippen molar-refractivity contribution in [2.45, 2.75) is 38.1 Å². The smallest absolute Gasteiger partial charge is 0.335 e. The highest BCUT2D eigenvalue weighted by atomic mass is 79.9. The second kappa shape index (κ2) is 4.82. The van der Waals surface area contributed by atoms with Crippen LogP contribution in [0.15, 0.2) is 21.5 Å². The number of sulfonamides is 1. The fraction of sp³-hybridized carbons (Fsp3) is 0.462. The molecular weight excluding hydrogens is 346 g/mol. The van der Waals surface area contributed by atoms with E-state index in [1.54, 1.807) is 6.92 Å². The van der Waals surface area contributed by atoms with Crippen LogP contribution in [0.3, 0.4) is 0 Å². The lowest BCUT2D eigenvalue weighted by molar-refractivity contribution is 0.0696. The fourth-order valence-electron chi connectivity index (χ4n) is 1.98. The highest BCUT2D eigenvalue weighted by molar-refractivity contribution is 9.10. The molecule has 1 aliphatic rings. The fourth-order valence-corrected chi connectivity index (χ4v) is 4.43. The minimum Gasteiger partial charge on any atom is -0.478 e. The second-order valence-electron chi connectivity index (χ2n) is 5.78. The Morgan fingerprint density at radius 3 is 2.45 bits per heavy atom. The van der Waals surface area contributed by atoms with Gasteiger partial charge in [-0.15, -0.1) is 0 Å². The van der Waals surface area contributed by atoms with Crippen LogP contribution in [0.1, 0.15) is 36.2 Å². The Hall–Kier alpha value is -0.920. The summed E-state index contributed by atoms with van der Waals surface area (Å²) in [6.07, 6.45) is 0.779. The minimum atomic E-state index is -3.74. The van der Waals surface area contributed by atoms with E-state index in [0.29, 0.717) is 10.0 Å². The molecule has 0 aromatic heterocycles. The van der Waals surface area contributed by atoms with Gasteiger partial charge in [0, 0.05) is 10.5 Å². The Bertz CT molecular complexity index is 682. The first kappa shape index (κ1) is 15.5. The zero-order valence-electron chi connectivity index (χ0n) is 11.4. The molecule has 2 N–H and O–H groups in total. The van der Waals surface area contributed by atoms with Gasteiger partial charge in [-0.05, 0) is 52.4 Å². The molecule has 110 valence electrons. The number of benzene rings is 1. The van der Waals surface area contributed by atoms with E-state index in [2.05, 4.69) is 20.7 Å². The van der Waals surface area contributed by atoms with Gasteiger partial charge in [-0.1, -0.05) is 13.8 Å². The Morgan fingerprint density at radius 1 is 1.45 bits per heavy atom. The molecule has 1 unspecified atom stereocenters. The summed E-state index contributed by atoms with van der Waals surface area (Å²) in [6, 6.07) is 2.51. The van der Waals surface area contributed by atoms with Crippen LogP contribution in [0.25, 0.3) is 0 Å². The molecule has 0 spiro atoms. The van der Waals surface area contributed by atoms with Gasteiger partial charge in [0.15, 0.2) is 0 Å². The first-order chi connectivity index (χ1) is 9.04. The van der Waals surface area contributed by atoms with Crippen molar-refractivity contribution in [3.05, 3.63) is 27.7 Å². The molecule has 0 radical (unpaired) electrons. The molecule has 5 nitrogen and oxygen atoms in total. The molecule has 0 heterocycles. The summed E-state index contributed by atoms with van der Waals surface area (Å²) in [6.45, 7) is 5.62. The maximum absolute atomic E-state index is 12.4. The second-order valence-corrected chi connectivity index (χ2v) is 8.25. The van der Waals surface area contributed by atoms with Gasteiger partial charge in [0.05, 0.1) is 10.5 Å². The van der Waals surface area contributed by atoms with Crippen LogP contribution >= 0.6 is 15.9 Å². The van der Waals surface area contributed by atoms with Crippen molar-refractivity contribution in [3.8, 4) is 0 Å². The highest BCUT2D eigenvalue weighted by Crippen LogP contribution is 2.45. The molecule has 0 bridgehead atoms. The third-order valence-electron chi connectivity index (χ3n) is 3.57. The van der Waals surface area contributed by atoms with E-state index in [9.17, 15) is 13.2 Å². The predicted molar refractivity (Wildman–Crippen MR) is 78.3 cm³/mol. The third-order valence-corrected chi connectivity index (χ3v) is 6.38. The summed E-state index contributed by atoms with van der Waals surface area (Å²) in [4.78, 5) is 11.0. The van der Waals surface area contributed by atoms with Crippen LogP contribution in [-0.4, -0.2) is 25.5 Å². The van der Waals surface area contributed by atoms with Crippen LogP contribution < -0.4 is 4.72 Å². The lowest BCUT2D eigenvalue weighted by Gasteiger charge is -2.12. The number of halogens is 1. The molecule has 20 heavy (non-hydrogen) atoms. The predicted octanol–water partition coefficient (Wildman–Crippen LogP) is 2.53. The van der Waals surface area contributed by atoms with Gasteiger partial charge in [-0.3, -0.25) is 0 Å². The normalized spacial score (nSPS) is 20.7. The highest BCUT2D eigenvalue weighted by Gasteiger charge is 2.48. The Labute approximate surface area is 126 Å². The molecule has 1 saturated carbocycles. The number of rotatable bonds is 4. The maximum Gasteiger partial charge on any atom is 0.335 e. The van der Waals surface area contributed by atoms with Crippen molar-refractivity contribution in [1.82, 2.24) is 4.72 Å². The summed E-state index contributed by atoms with van der Waals surface area (Å²) in [5.74, 6) is -1.15. The maximum atomic E-state index is 12.4. The SMILES string of the molecule is Cc1cc(C(=O)O)cc(S(=O)(=O)NC2CC2(C)C)c1Br. The van der Waals surface area contributed by atoms with E-state index in [1.165, 1.54) is 12.1 Å². The van der Waals surface area contributed by atoms with Crippen molar-refractivity contribution in [1.29, 1.82) is 0 Å². The monoisotopic (exact) mass is 361 g/mol. The molecule has 1 fully saturated rings. The van der Waals surface area contributed by atoms with E-state index in [-0.39, 0.29) is 21.9 Å². The standard InChI is InChI=1S/C13H16BrNO4S/c1-7-4-8(12(16)17)5-9(11(7)14)20(18,19)15-10-6-13(10,2)3/h4-5,10,15H,6H2,1-3H3,(H,16,17). The van der Waals surface area contributed by atoms with Gasteiger partial charge < -0.3 is 5.11 Å². The van der Waals surface area contributed by atoms with Crippen LogP contribution in [0.2, 0.25) is 0 Å². The van der Waals surface area contributed by atoms with E-state index in [0.717, 1.165) is 6.42 Å². The van der Waals surface area contributed by atoms with Crippen LogP contribution in [0.5, 0.6) is 0 Å². The van der Waals surface area contributed by atoms with Crippen LogP contribution in [0.4, 0.5) is 0 Å². The van der Waals surface area contributed by atoms with E-state index >= 15 is 0 Å². The molecule has 1 aromatic rings. The van der Waals surface area contributed by atoms with E-state index < -0.39 is 16.0 Å². The number of carbonyl (C=O) groups is 1. The topological polar surface area (TPSA) is 83.5 Å². The molecule has 1 aromatic carbocycles. The molecule has 7 heteroatoms. The first-order valence-corrected chi connectivity index (χ1v) is 8.38. The summed E-state index contributed by atoms with van der Waals surface area (Å²) in [5, 5.41) is 9.04. The summed E-state index contributed by atoms with van der Waals surface area (Å²) >= 11 is 3.23. The van der Waals surface area contributed by atoms with Crippen LogP contribution in [0, 0.1) is 12.3 Å². The number of carboxylic acid groups (broad SMARTS) is 1. The van der Waals surface area contributed by atoms with Crippen molar-refractivity contribution in [2.24, 2.45) is 5.41 Å². The lowest BCUT2D eigenvalue weighted by atomic mass is 10.1. The molecule has 0 saturated heterocycles. The average Bonchev–Trinajstić information content (AvgIpc) is 2.87. The van der Waals surface area contributed by atoms with Crippen molar-refractivity contribution in [3.63, 3.8) is 0 Å². The molecule has 1 aliphatic carbocycles. The van der Waals surface area contributed by atoms with Crippen LogP contribution in [-0.2, 0) is 10.0 Å². The Balaban J connectivity index is 2.43. The van der Waals surface area contributed by atoms with Crippen molar-refractivity contribution >= 4 is 31.9 Å². The quantitative estimate of drug-likeness (QED) is 0.862. The first-order valence-electron chi connectivity index (χ1n) is 6.10. The number of hydrogen-bond donors (Lipinski definition) is 2. The van der Waals surface area contributed by atoms with Gasteiger partial charge in [-0.25, -0.2) is 17.9 Å². The summed E-state index contributed by atoms with van der Waals surface area (Å²) in [7, 11) is -3.74. The Morgan fingerprint density at radius 2 is 2.00 bits per heavy atom. The zero-order chi connectivity index (χ0) is 15.3. The average molecular weight is 362 g/mol. The molecule has 0 amide bonds. The van der Waals surface area contributed by atoms with Gasteiger partial charge in [0.2, 0.25) is 10.0 Å². The lowest BCUT2D eigenvalue weighted by Crippen LogP contribution is -2.29. The number of aromatic carboxylic acids is 1. The van der Waals surface area contributed by atoms with Gasteiger partial charge in [0.25, 0.3) is 0 Å². The zero-order valence-corrected chi connectivity index (χ0v) is 13.8. The summed E-state index contributed by atoms with van der Waals surface area (Å²) in [5.41, 5.74) is 0.486. The molecular formula is C13H16BrNO4S. The number of hydrogen-bond acceptors (Lipinski definition) is 3. The number of carboxylic acids is 1. The summed E-state index contributed by atoms with van der Waals surface area (Å²) < 4.78 is 27.8. The number of nitrogens with one attached hydrogen (secondary N) is 1. The Kier molecular flexibility index (Phi) is 3.73. The molecule has 0 aliphatic heterocycles. The minimum absolute atomic E-state index is 0.0300. The largest absolute Gasteiger partial charge is 0.478 e. The third kappa shape index (κ3) is 2.89. The van der Waals surface area contributed by atoms with E-state index in [1.807, 2.05) is 13.8 Å². The molecule has 2 rings (SSSR count). The van der Waals surface area contributed by atoms with Gasteiger partial charge >= 0.3 is 5.97 Å². The van der Waals surface area contributed by atoms with Gasteiger partial charge in [0.1, 0.15) is 0 Å². The molecule has 1 atom stereocenters. The number of aryl methyl sites for hydroxylation is 1. The van der Waals surface area contributed by atoms with Crippen molar-refractivity contribution < 1.29 is 18.3 Å².